The van der Waals surface area contributed by atoms with E-state index in [1.807, 2.05) is 0 Å². The van der Waals surface area contributed by atoms with Gasteiger partial charge >= 0.3 is 0 Å². The van der Waals surface area contributed by atoms with Crippen LogP contribution in [0.5, 0.6) is 0 Å². The summed E-state index contributed by atoms with van der Waals surface area (Å²) in [6.45, 7) is 0. The molecule has 0 aliphatic carbocycles. The van der Waals surface area contributed by atoms with Crippen LogP contribution in [0.25, 0.3) is 0 Å². The Labute approximate surface area is 73.0 Å². The molecule has 58 valence electrons. The summed E-state index contributed by atoms with van der Waals surface area (Å²) < 4.78 is 24.4. The molecule has 0 atom stereocenters. The molecule has 0 spiro atoms. The molecule has 0 aliphatic rings. The lowest BCUT2D eigenvalue weighted by Crippen LogP contribution is -1.81. The van der Waals surface area contributed by atoms with Gasteiger partial charge in [0.15, 0.2) is 0 Å². The monoisotopic (exact) mass is 219 g/mol. The second-order valence-corrected chi connectivity index (χ2v) is 1.77. The van der Waals surface area contributed by atoms with Gasteiger partial charge < -0.3 is 0 Å². The lowest BCUT2D eigenvalue weighted by atomic mass is 10.2. The molecule has 0 amide bonds. The lowest BCUT2D eigenvalue weighted by Gasteiger charge is -1.89. The molecule has 0 N–H and O–H groups in total. The summed E-state index contributed by atoms with van der Waals surface area (Å²) in [6, 6.07) is 4.30. The summed E-state index contributed by atoms with van der Waals surface area (Å²) in [7, 11) is 0. The van der Waals surface area contributed by atoms with Crippen LogP contribution in [0.3, 0.4) is 0 Å². The van der Waals surface area contributed by atoms with E-state index < -0.39 is 11.6 Å². The average molecular weight is 220 g/mol. The molecule has 1 aromatic rings. The first-order chi connectivity index (χ1) is 4.72. The van der Waals surface area contributed by atoms with Gasteiger partial charge in [0.1, 0.15) is 11.6 Å². The Morgan fingerprint density at radius 3 is 1.91 bits per heavy atom. The van der Waals surface area contributed by atoms with Gasteiger partial charge in [-0.3, -0.25) is 0 Å². The molecule has 0 fully saturated rings. The van der Waals surface area contributed by atoms with Gasteiger partial charge in [0, 0.05) is 6.07 Å². The number of nitrogens with zero attached hydrogens (tertiary/aromatic N) is 1. The van der Waals surface area contributed by atoms with Crippen molar-refractivity contribution < 1.29 is 8.78 Å². The molecule has 0 heterocycles. The number of rotatable bonds is 0. The highest BCUT2D eigenvalue weighted by atomic mass is 79.9. The van der Waals surface area contributed by atoms with E-state index in [4.69, 9.17) is 5.26 Å². The van der Waals surface area contributed by atoms with Crippen molar-refractivity contribution in [2.24, 2.45) is 0 Å². The molecular formula is C7H4BrF2N. The van der Waals surface area contributed by atoms with Crippen molar-refractivity contribution >= 4 is 17.0 Å². The predicted molar refractivity (Wildman–Crippen MR) is 41.4 cm³/mol. The van der Waals surface area contributed by atoms with E-state index in [0.717, 1.165) is 18.2 Å². The summed E-state index contributed by atoms with van der Waals surface area (Å²) in [4.78, 5) is 0. The predicted octanol–water partition coefficient (Wildman–Crippen LogP) is 2.41. The minimum atomic E-state index is -0.725. The van der Waals surface area contributed by atoms with E-state index in [-0.39, 0.29) is 22.5 Å². The summed E-state index contributed by atoms with van der Waals surface area (Å²) in [5.41, 5.74) is -0.00231. The smallest absolute Gasteiger partial charge is 0.127 e. The fraction of sp³-hybridized carbons (Fsp3) is 0. The van der Waals surface area contributed by atoms with Crippen molar-refractivity contribution in [2.45, 2.75) is 0 Å². The summed E-state index contributed by atoms with van der Waals surface area (Å²) in [5, 5.41) is 8.20. The van der Waals surface area contributed by atoms with Crippen molar-refractivity contribution in [3.8, 4) is 6.07 Å². The van der Waals surface area contributed by atoms with Gasteiger partial charge in [0.2, 0.25) is 0 Å². The van der Waals surface area contributed by atoms with Gasteiger partial charge in [-0.2, -0.15) is 5.26 Å². The maximum atomic E-state index is 12.2. The highest BCUT2D eigenvalue weighted by Crippen LogP contribution is 2.05. The molecule has 0 saturated heterocycles. The Balaban J connectivity index is 0.000001000. The first kappa shape index (κ1) is 10.0. The van der Waals surface area contributed by atoms with E-state index in [1.54, 1.807) is 6.07 Å². The zero-order chi connectivity index (χ0) is 7.56. The SMILES string of the molecule is Br.N#Cc1cc(F)cc(F)c1. The molecule has 11 heavy (non-hydrogen) atoms. The molecule has 1 aromatic carbocycles. The van der Waals surface area contributed by atoms with Gasteiger partial charge in [-0.1, -0.05) is 0 Å². The minimum absolute atomic E-state index is 0. The summed E-state index contributed by atoms with van der Waals surface area (Å²) in [5.74, 6) is -1.45. The zero-order valence-corrected chi connectivity index (χ0v) is 7.06. The van der Waals surface area contributed by atoms with E-state index >= 15 is 0 Å². The standard InChI is InChI=1S/C7H3F2N.BrH/c8-6-1-5(4-10)2-7(9)3-6;/h1-3H;1H. The molecule has 0 unspecified atom stereocenters. The third-order valence-electron chi connectivity index (χ3n) is 0.992. The van der Waals surface area contributed by atoms with Crippen LogP contribution < -0.4 is 0 Å². The zero-order valence-electron chi connectivity index (χ0n) is 5.34. The third kappa shape index (κ3) is 2.64. The number of nitriles is 1. The largest absolute Gasteiger partial charge is 0.207 e. The van der Waals surface area contributed by atoms with Crippen molar-refractivity contribution in [1.82, 2.24) is 0 Å². The number of hydrogen-bond acceptors (Lipinski definition) is 1. The van der Waals surface area contributed by atoms with E-state index in [0.29, 0.717) is 0 Å². The van der Waals surface area contributed by atoms with Crippen molar-refractivity contribution in [2.75, 3.05) is 0 Å². The summed E-state index contributed by atoms with van der Waals surface area (Å²) in [6.07, 6.45) is 0. The number of halogens is 3. The second-order valence-electron chi connectivity index (χ2n) is 1.77. The summed E-state index contributed by atoms with van der Waals surface area (Å²) >= 11 is 0. The van der Waals surface area contributed by atoms with Gasteiger partial charge in [-0.05, 0) is 12.1 Å². The molecule has 1 rings (SSSR count). The second kappa shape index (κ2) is 4.04. The van der Waals surface area contributed by atoms with Gasteiger partial charge in [0.25, 0.3) is 0 Å². The van der Waals surface area contributed by atoms with Crippen LogP contribution >= 0.6 is 17.0 Å². The minimum Gasteiger partial charge on any atom is -0.207 e. The fourth-order valence-corrected chi connectivity index (χ4v) is 0.618. The van der Waals surface area contributed by atoms with E-state index in [9.17, 15) is 8.78 Å². The Morgan fingerprint density at radius 2 is 1.55 bits per heavy atom. The van der Waals surface area contributed by atoms with Crippen LogP contribution in [0.4, 0.5) is 8.78 Å². The van der Waals surface area contributed by atoms with Crippen LogP contribution in [-0.2, 0) is 0 Å². The first-order valence-electron chi connectivity index (χ1n) is 2.58. The molecule has 0 bridgehead atoms. The molecular weight excluding hydrogens is 216 g/mol. The quantitative estimate of drug-likeness (QED) is 0.658. The molecule has 0 aromatic heterocycles. The van der Waals surface area contributed by atoms with Crippen LogP contribution in [0.15, 0.2) is 18.2 Å². The van der Waals surface area contributed by atoms with Crippen LogP contribution in [0.1, 0.15) is 5.56 Å². The van der Waals surface area contributed by atoms with Gasteiger partial charge in [-0.15, -0.1) is 17.0 Å². The maximum absolute atomic E-state index is 12.2. The lowest BCUT2D eigenvalue weighted by molar-refractivity contribution is 0.582. The third-order valence-corrected chi connectivity index (χ3v) is 0.992. The maximum Gasteiger partial charge on any atom is 0.127 e. The number of hydrogen-bond donors (Lipinski definition) is 0. The fourth-order valence-electron chi connectivity index (χ4n) is 0.618. The van der Waals surface area contributed by atoms with Crippen molar-refractivity contribution in [3.63, 3.8) is 0 Å². The van der Waals surface area contributed by atoms with Crippen molar-refractivity contribution in [3.05, 3.63) is 35.4 Å². The topological polar surface area (TPSA) is 23.8 Å². The Bertz CT molecular complexity index is 273. The van der Waals surface area contributed by atoms with Crippen LogP contribution in [-0.4, -0.2) is 0 Å². The molecule has 4 heteroatoms. The van der Waals surface area contributed by atoms with Crippen LogP contribution in [0.2, 0.25) is 0 Å². The van der Waals surface area contributed by atoms with Crippen molar-refractivity contribution in [1.29, 1.82) is 5.26 Å². The normalized spacial score (nSPS) is 8.09. The Kier molecular flexibility index (Phi) is 3.69. The molecule has 0 saturated carbocycles. The van der Waals surface area contributed by atoms with E-state index in [2.05, 4.69) is 0 Å². The number of benzene rings is 1. The molecule has 0 radical (unpaired) electrons. The van der Waals surface area contributed by atoms with Gasteiger partial charge in [-0.25, -0.2) is 8.78 Å². The van der Waals surface area contributed by atoms with Crippen LogP contribution in [0, 0.1) is 23.0 Å². The Morgan fingerprint density at radius 1 is 1.09 bits per heavy atom. The van der Waals surface area contributed by atoms with E-state index in [1.165, 1.54) is 0 Å². The highest BCUT2D eigenvalue weighted by molar-refractivity contribution is 8.93. The molecule has 1 nitrogen and oxygen atoms in total. The average Bonchev–Trinajstić information content (AvgIpc) is 1.85. The highest BCUT2D eigenvalue weighted by Gasteiger charge is 1.97. The van der Waals surface area contributed by atoms with Gasteiger partial charge in [0.05, 0.1) is 11.6 Å². The Hall–Kier alpha value is -0.950. The molecule has 0 aliphatic heterocycles. The first-order valence-corrected chi connectivity index (χ1v) is 2.58.